The molecule has 3 N–H and O–H groups in total. The molecule has 0 saturated carbocycles. The van der Waals surface area contributed by atoms with E-state index in [9.17, 15) is 34.5 Å². The molecule has 15 nitrogen and oxygen atoms in total. The van der Waals surface area contributed by atoms with Crippen molar-refractivity contribution in [3.63, 3.8) is 0 Å². The molecule has 0 radical (unpaired) electrons. The third-order valence-corrected chi connectivity index (χ3v) is 10.2. The Bertz CT molecular complexity index is 2540. The Kier molecular flexibility index (Phi) is 15.1. The second kappa shape index (κ2) is 20.4. The number of anilines is 3. The van der Waals surface area contributed by atoms with Crippen molar-refractivity contribution in [1.29, 1.82) is 10.5 Å². The van der Waals surface area contributed by atoms with Crippen molar-refractivity contribution in [2.45, 2.75) is 87.0 Å². The van der Waals surface area contributed by atoms with Crippen LogP contribution in [0.25, 0.3) is 0 Å². The molecule has 3 aromatic carbocycles. The largest absolute Gasteiger partial charge is 0.491 e. The molecule has 0 unspecified atom stereocenters. The summed E-state index contributed by atoms with van der Waals surface area (Å²) >= 11 is 0. The van der Waals surface area contributed by atoms with Gasteiger partial charge in [-0.1, -0.05) is 38.5 Å². The van der Waals surface area contributed by atoms with Crippen LogP contribution in [0.1, 0.15) is 102 Å². The summed E-state index contributed by atoms with van der Waals surface area (Å²) in [6, 6.07) is 19.7. The normalized spacial score (nSPS) is 12.3. The van der Waals surface area contributed by atoms with E-state index in [0.717, 1.165) is 34.2 Å². The SMILES string of the molecule is CC(=O)Nc1ccc(C(=O)NCCOc2ccc(C)cc2C)cc1NC(=O)C(=Nc1ccc(N(CCC#N)CCC#N)cc1C)c1nc2c(c(=O)n1C(=O)C(C)(C)C)CCCC2. The van der Waals surface area contributed by atoms with Crippen LogP contribution in [0.5, 0.6) is 5.75 Å². The van der Waals surface area contributed by atoms with E-state index in [-0.39, 0.29) is 54.5 Å². The van der Waals surface area contributed by atoms with Gasteiger partial charge >= 0.3 is 0 Å². The molecule has 0 spiro atoms. The lowest BCUT2D eigenvalue weighted by molar-refractivity contribution is -0.114. The topological polar surface area (TPSA) is 212 Å². The number of aliphatic imine (C=N–C) groups is 1. The van der Waals surface area contributed by atoms with Crippen molar-refractivity contribution < 1.29 is 23.9 Å². The summed E-state index contributed by atoms with van der Waals surface area (Å²) in [5, 5.41) is 26.8. The lowest BCUT2D eigenvalue weighted by atomic mass is 9.93. The fourth-order valence-electron chi connectivity index (χ4n) is 7.02. The third kappa shape index (κ3) is 11.4. The molecule has 0 aliphatic heterocycles. The molecule has 322 valence electrons. The third-order valence-electron chi connectivity index (χ3n) is 10.2. The van der Waals surface area contributed by atoms with Crippen molar-refractivity contribution in [3.05, 3.63) is 104 Å². The first kappa shape index (κ1) is 45.9. The molecular weight excluding hydrogens is 787 g/mol. The van der Waals surface area contributed by atoms with Gasteiger partial charge in [-0.25, -0.2) is 14.5 Å². The summed E-state index contributed by atoms with van der Waals surface area (Å²) in [5.41, 5.74) is 3.02. The number of fused-ring (bicyclic) bond motifs is 1. The van der Waals surface area contributed by atoms with Gasteiger partial charge in [-0.15, -0.1) is 0 Å². The lowest BCUT2D eigenvalue weighted by Crippen LogP contribution is -2.43. The van der Waals surface area contributed by atoms with Gasteiger partial charge in [0, 0.05) is 42.2 Å². The van der Waals surface area contributed by atoms with Crippen LogP contribution in [-0.4, -0.2) is 65.1 Å². The van der Waals surface area contributed by atoms with Crippen molar-refractivity contribution >= 4 is 52.1 Å². The minimum atomic E-state index is -1.07. The Hall–Kier alpha value is -7.13. The molecule has 0 fully saturated rings. The smallest absolute Gasteiger partial charge is 0.278 e. The molecule has 5 rings (SSSR count). The highest BCUT2D eigenvalue weighted by Gasteiger charge is 2.33. The fourth-order valence-corrected chi connectivity index (χ4v) is 7.02. The quantitative estimate of drug-likeness (QED) is 0.0833. The van der Waals surface area contributed by atoms with Gasteiger partial charge in [0.05, 0.1) is 54.3 Å². The van der Waals surface area contributed by atoms with Gasteiger partial charge in [-0.3, -0.25) is 24.0 Å². The van der Waals surface area contributed by atoms with E-state index in [1.165, 1.54) is 25.1 Å². The Morgan fingerprint density at radius 3 is 2.24 bits per heavy atom. The molecule has 62 heavy (non-hydrogen) atoms. The van der Waals surface area contributed by atoms with E-state index >= 15 is 0 Å². The highest BCUT2D eigenvalue weighted by Crippen LogP contribution is 2.29. The van der Waals surface area contributed by atoms with E-state index in [0.29, 0.717) is 54.2 Å². The maximum Gasteiger partial charge on any atom is 0.278 e. The number of hydrogen-bond donors (Lipinski definition) is 3. The number of aryl methyl sites for hydroxylation is 4. The Labute approximate surface area is 361 Å². The summed E-state index contributed by atoms with van der Waals surface area (Å²) < 4.78 is 6.81. The predicted molar refractivity (Wildman–Crippen MR) is 238 cm³/mol. The van der Waals surface area contributed by atoms with Gasteiger partial charge in [0.1, 0.15) is 12.4 Å². The maximum absolute atomic E-state index is 14.8. The predicted octanol–water partition coefficient (Wildman–Crippen LogP) is 6.89. The van der Waals surface area contributed by atoms with Crippen molar-refractivity contribution in [1.82, 2.24) is 14.9 Å². The minimum absolute atomic E-state index is 0.0452. The standard InChI is InChI=1S/C47H53N9O6/c1-29-14-19-40(31(3)26-29)62-25-22-50-43(58)33-15-17-38(51-32(4)57)39(28-33)54-44(59)41(52-36-18-16-34(27-30(36)2)55(23-10-20-48)24-11-21-49)42-53-37-13-9-8-12-35(37)45(60)56(42)46(61)47(5,6)7/h14-19,26-28H,8-13,22-25H2,1-7H3,(H,50,58)(H,51,57)(H,54,59). The van der Waals surface area contributed by atoms with Gasteiger partial charge in [0.25, 0.3) is 17.4 Å². The molecule has 0 saturated heterocycles. The number of nitriles is 2. The van der Waals surface area contributed by atoms with Crippen LogP contribution in [0.3, 0.4) is 0 Å². The summed E-state index contributed by atoms with van der Waals surface area (Å²) in [6.07, 6.45) is 2.88. The number of nitrogens with one attached hydrogen (secondary N) is 3. The van der Waals surface area contributed by atoms with E-state index in [1.54, 1.807) is 39.8 Å². The van der Waals surface area contributed by atoms with E-state index in [2.05, 4.69) is 28.1 Å². The fraction of sp³-hybridized carbons (Fsp3) is 0.383. The number of hydrogen-bond acceptors (Lipinski definition) is 11. The highest BCUT2D eigenvalue weighted by atomic mass is 16.5. The highest BCUT2D eigenvalue weighted by molar-refractivity contribution is 6.49. The van der Waals surface area contributed by atoms with Crippen LogP contribution in [0.15, 0.2) is 64.4 Å². The molecule has 3 amide bonds. The molecule has 4 aromatic rings. The second-order valence-electron chi connectivity index (χ2n) is 16.3. The molecule has 0 bridgehead atoms. The Morgan fingerprint density at radius 1 is 0.887 bits per heavy atom. The van der Waals surface area contributed by atoms with Gasteiger partial charge < -0.3 is 25.6 Å². The number of rotatable bonds is 15. The molecule has 0 atom stereocenters. The molecule has 15 heteroatoms. The molecule has 1 aromatic heterocycles. The van der Waals surface area contributed by atoms with Gasteiger partial charge in [0.15, 0.2) is 11.5 Å². The van der Waals surface area contributed by atoms with E-state index in [1.807, 2.05) is 43.0 Å². The van der Waals surface area contributed by atoms with Crippen molar-refractivity contribution in [3.8, 4) is 17.9 Å². The second-order valence-corrected chi connectivity index (χ2v) is 16.3. The van der Waals surface area contributed by atoms with Crippen LogP contribution in [0.4, 0.5) is 22.7 Å². The van der Waals surface area contributed by atoms with Crippen LogP contribution in [-0.2, 0) is 22.4 Å². The zero-order chi connectivity index (χ0) is 45.1. The summed E-state index contributed by atoms with van der Waals surface area (Å²) in [6.45, 7) is 13.2. The average molecular weight is 840 g/mol. The Morgan fingerprint density at radius 2 is 1.60 bits per heavy atom. The van der Waals surface area contributed by atoms with Crippen molar-refractivity contribution in [2.75, 3.05) is 41.8 Å². The average Bonchev–Trinajstić information content (AvgIpc) is 3.22. The van der Waals surface area contributed by atoms with Gasteiger partial charge in [0.2, 0.25) is 11.8 Å². The number of nitrogens with zero attached hydrogens (tertiary/aromatic N) is 6. The van der Waals surface area contributed by atoms with E-state index in [4.69, 9.17) is 14.7 Å². The maximum atomic E-state index is 14.8. The number of benzene rings is 3. The first-order valence-electron chi connectivity index (χ1n) is 20.6. The zero-order valence-corrected chi connectivity index (χ0v) is 36.4. The zero-order valence-electron chi connectivity index (χ0n) is 36.4. The first-order valence-corrected chi connectivity index (χ1v) is 20.6. The molecule has 1 aliphatic carbocycles. The Balaban J connectivity index is 1.59. The van der Waals surface area contributed by atoms with Gasteiger partial charge in [-0.05, 0) is 100 Å². The van der Waals surface area contributed by atoms with Crippen LogP contribution in [0.2, 0.25) is 0 Å². The monoisotopic (exact) mass is 839 g/mol. The van der Waals surface area contributed by atoms with Gasteiger partial charge in [-0.2, -0.15) is 10.5 Å². The number of ether oxygens (including phenoxy) is 1. The summed E-state index contributed by atoms with van der Waals surface area (Å²) in [4.78, 5) is 80.7. The number of aromatic nitrogens is 2. The summed E-state index contributed by atoms with van der Waals surface area (Å²) in [7, 11) is 0. The molecular formula is C47H53N9O6. The number of amides is 3. The van der Waals surface area contributed by atoms with Crippen molar-refractivity contribution in [2.24, 2.45) is 10.4 Å². The van der Waals surface area contributed by atoms with E-state index < -0.39 is 34.6 Å². The molecule has 1 aliphatic rings. The van der Waals surface area contributed by atoms with Crippen LogP contribution < -0.4 is 31.1 Å². The number of carbonyl (C=O) groups is 4. The van der Waals surface area contributed by atoms with Crippen LogP contribution in [0, 0.1) is 48.8 Å². The first-order chi connectivity index (χ1) is 29.5. The summed E-state index contributed by atoms with van der Waals surface area (Å²) in [5.74, 6) is -1.92. The molecule has 1 heterocycles. The lowest BCUT2D eigenvalue weighted by Gasteiger charge is -2.24. The van der Waals surface area contributed by atoms with Crippen LogP contribution >= 0.6 is 0 Å². The minimum Gasteiger partial charge on any atom is -0.491 e. The number of carbonyl (C=O) groups excluding carboxylic acids is 4.